The monoisotopic (exact) mass is 386 g/mol. The van der Waals surface area contributed by atoms with E-state index in [1.165, 1.54) is 16.1 Å². The van der Waals surface area contributed by atoms with Crippen LogP contribution in [0.25, 0.3) is 0 Å². The number of ether oxygens (including phenoxy) is 1. The van der Waals surface area contributed by atoms with Crippen LogP contribution < -0.4 is 5.32 Å². The largest absolute Gasteiger partial charge is 0.379 e. The van der Waals surface area contributed by atoms with E-state index in [1.54, 1.807) is 0 Å². The lowest BCUT2D eigenvalue weighted by molar-refractivity contribution is -0.133. The van der Waals surface area contributed by atoms with Crippen molar-refractivity contribution in [2.45, 2.75) is 45.7 Å². The summed E-state index contributed by atoms with van der Waals surface area (Å²) in [4.78, 5) is 27.0. The molecule has 0 aromatic heterocycles. The maximum atomic E-state index is 12.7. The average Bonchev–Trinajstić information content (AvgIpc) is 2.70. The van der Waals surface area contributed by atoms with Crippen LogP contribution in [0.3, 0.4) is 0 Å². The molecule has 1 unspecified atom stereocenters. The van der Waals surface area contributed by atoms with E-state index < -0.39 is 0 Å². The first-order chi connectivity index (χ1) is 13.5. The van der Waals surface area contributed by atoms with Crippen molar-refractivity contribution < 1.29 is 14.3 Å². The quantitative estimate of drug-likeness (QED) is 0.810. The van der Waals surface area contributed by atoms with Gasteiger partial charge in [0.25, 0.3) is 5.91 Å². The van der Waals surface area contributed by atoms with Crippen LogP contribution in [0.5, 0.6) is 0 Å². The SMILES string of the molecule is Cc1ccc(C(CNC(=O)C2=NN(C(C)C)C(=O)CC2)N2CCOCC2)cc1. The fourth-order valence-corrected chi connectivity index (χ4v) is 3.57. The van der Waals surface area contributed by atoms with Crippen LogP contribution in [-0.2, 0) is 14.3 Å². The maximum Gasteiger partial charge on any atom is 0.267 e. The van der Waals surface area contributed by atoms with Gasteiger partial charge in [0.1, 0.15) is 5.71 Å². The van der Waals surface area contributed by atoms with Crippen molar-refractivity contribution in [1.82, 2.24) is 15.2 Å². The number of aryl methyl sites for hydroxylation is 1. The van der Waals surface area contributed by atoms with Crippen molar-refractivity contribution in [3.63, 3.8) is 0 Å². The lowest BCUT2D eigenvalue weighted by atomic mass is 10.0. The molecule has 1 atom stereocenters. The summed E-state index contributed by atoms with van der Waals surface area (Å²) in [6, 6.07) is 8.48. The van der Waals surface area contributed by atoms with Gasteiger partial charge in [0.05, 0.1) is 19.3 Å². The number of amides is 2. The number of carbonyl (C=O) groups is 2. The molecular formula is C21H30N4O3. The molecule has 7 nitrogen and oxygen atoms in total. The van der Waals surface area contributed by atoms with E-state index >= 15 is 0 Å². The number of hydrogen-bond donors (Lipinski definition) is 1. The normalized spacial score (nSPS) is 19.5. The van der Waals surface area contributed by atoms with Crippen molar-refractivity contribution >= 4 is 17.5 Å². The molecule has 2 aliphatic rings. The molecule has 1 aromatic carbocycles. The zero-order valence-corrected chi connectivity index (χ0v) is 17.0. The Morgan fingerprint density at radius 3 is 2.50 bits per heavy atom. The van der Waals surface area contributed by atoms with Gasteiger partial charge in [0.2, 0.25) is 5.91 Å². The molecule has 7 heteroatoms. The molecule has 1 fully saturated rings. The highest BCUT2D eigenvalue weighted by Gasteiger charge is 2.28. The molecule has 152 valence electrons. The summed E-state index contributed by atoms with van der Waals surface area (Å²) in [5, 5.41) is 8.75. The zero-order chi connectivity index (χ0) is 20.1. The lowest BCUT2D eigenvalue weighted by Gasteiger charge is -2.35. The number of hydrazone groups is 1. The first-order valence-electron chi connectivity index (χ1n) is 10.0. The predicted octanol–water partition coefficient (Wildman–Crippen LogP) is 1.87. The smallest absolute Gasteiger partial charge is 0.267 e. The summed E-state index contributed by atoms with van der Waals surface area (Å²) in [6.45, 7) is 9.44. The lowest BCUT2D eigenvalue weighted by Crippen LogP contribution is -2.46. The highest BCUT2D eigenvalue weighted by atomic mass is 16.5. The zero-order valence-electron chi connectivity index (χ0n) is 17.0. The van der Waals surface area contributed by atoms with Gasteiger partial charge in [-0.3, -0.25) is 14.5 Å². The third-order valence-corrected chi connectivity index (χ3v) is 5.22. The van der Waals surface area contributed by atoms with Gasteiger partial charge < -0.3 is 10.1 Å². The fourth-order valence-electron chi connectivity index (χ4n) is 3.57. The van der Waals surface area contributed by atoms with Crippen molar-refractivity contribution in [2.24, 2.45) is 5.10 Å². The topological polar surface area (TPSA) is 74.2 Å². The predicted molar refractivity (Wildman–Crippen MR) is 108 cm³/mol. The Kier molecular flexibility index (Phi) is 6.80. The summed E-state index contributed by atoms with van der Waals surface area (Å²) >= 11 is 0. The summed E-state index contributed by atoms with van der Waals surface area (Å²) < 4.78 is 5.48. The molecule has 1 aromatic rings. The van der Waals surface area contributed by atoms with Crippen molar-refractivity contribution in [3.8, 4) is 0 Å². The van der Waals surface area contributed by atoms with Gasteiger partial charge in [-0.15, -0.1) is 0 Å². The number of hydrogen-bond acceptors (Lipinski definition) is 5. The first kappa shape index (κ1) is 20.5. The second-order valence-corrected chi connectivity index (χ2v) is 7.66. The molecule has 1 saturated heterocycles. The summed E-state index contributed by atoms with van der Waals surface area (Å²) in [6.07, 6.45) is 0.718. The molecule has 2 heterocycles. The van der Waals surface area contributed by atoms with E-state index in [0.717, 1.165) is 13.1 Å². The Morgan fingerprint density at radius 2 is 1.86 bits per heavy atom. The van der Waals surface area contributed by atoms with Crippen LogP contribution in [-0.4, -0.2) is 66.3 Å². The highest BCUT2D eigenvalue weighted by molar-refractivity contribution is 6.39. The third kappa shape index (κ3) is 4.97. The van der Waals surface area contributed by atoms with Crippen LogP contribution in [0.2, 0.25) is 0 Å². The van der Waals surface area contributed by atoms with Gasteiger partial charge in [0.15, 0.2) is 0 Å². The molecule has 2 aliphatic heterocycles. The summed E-state index contributed by atoms with van der Waals surface area (Å²) in [7, 11) is 0. The Hall–Kier alpha value is -2.25. The molecule has 28 heavy (non-hydrogen) atoms. The van der Waals surface area contributed by atoms with E-state index in [9.17, 15) is 9.59 Å². The van der Waals surface area contributed by atoms with Gasteiger partial charge in [-0.2, -0.15) is 5.10 Å². The highest BCUT2D eigenvalue weighted by Crippen LogP contribution is 2.22. The number of carbonyl (C=O) groups excluding carboxylic acids is 2. The number of benzene rings is 1. The minimum atomic E-state index is -0.191. The van der Waals surface area contributed by atoms with Crippen LogP contribution >= 0.6 is 0 Å². The summed E-state index contributed by atoms with van der Waals surface area (Å²) in [5.41, 5.74) is 2.82. The van der Waals surface area contributed by atoms with Crippen LogP contribution in [0, 0.1) is 6.92 Å². The molecule has 0 bridgehead atoms. The van der Waals surface area contributed by atoms with Crippen molar-refractivity contribution in [1.29, 1.82) is 0 Å². The Balaban J connectivity index is 1.70. The summed E-state index contributed by atoms with van der Waals surface area (Å²) in [5.74, 6) is -0.221. The van der Waals surface area contributed by atoms with Gasteiger partial charge >= 0.3 is 0 Å². The van der Waals surface area contributed by atoms with Crippen molar-refractivity contribution in [3.05, 3.63) is 35.4 Å². The molecular weight excluding hydrogens is 356 g/mol. The number of nitrogens with one attached hydrogen (secondary N) is 1. The van der Waals surface area contributed by atoms with E-state index in [2.05, 4.69) is 46.5 Å². The standard InChI is InChI=1S/C21H30N4O3/c1-15(2)25-20(26)9-8-18(23-25)21(27)22-14-19(24-10-12-28-13-11-24)17-6-4-16(3)5-7-17/h4-7,15,19H,8-14H2,1-3H3,(H,22,27). The molecule has 1 N–H and O–H groups in total. The van der Waals surface area contributed by atoms with E-state index in [4.69, 9.17) is 4.74 Å². The Morgan fingerprint density at radius 1 is 1.18 bits per heavy atom. The average molecular weight is 386 g/mol. The number of morpholine rings is 1. The van der Waals surface area contributed by atoms with E-state index in [-0.39, 0.29) is 23.9 Å². The van der Waals surface area contributed by atoms with E-state index in [0.29, 0.717) is 38.3 Å². The Labute approximate surface area is 166 Å². The molecule has 0 spiro atoms. The van der Waals surface area contributed by atoms with Gasteiger partial charge in [0, 0.05) is 38.5 Å². The number of nitrogens with zero attached hydrogens (tertiary/aromatic N) is 3. The van der Waals surface area contributed by atoms with Gasteiger partial charge in [-0.1, -0.05) is 29.8 Å². The molecule has 0 aliphatic carbocycles. The van der Waals surface area contributed by atoms with Crippen LogP contribution in [0.4, 0.5) is 0 Å². The second kappa shape index (κ2) is 9.30. The number of rotatable bonds is 6. The van der Waals surface area contributed by atoms with Crippen LogP contribution in [0.1, 0.15) is 43.9 Å². The van der Waals surface area contributed by atoms with E-state index in [1.807, 2.05) is 13.8 Å². The second-order valence-electron chi connectivity index (χ2n) is 7.66. The molecule has 3 rings (SSSR count). The van der Waals surface area contributed by atoms with Crippen LogP contribution in [0.15, 0.2) is 29.4 Å². The van der Waals surface area contributed by atoms with Gasteiger partial charge in [-0.25, -0.2) is 5.01 Å². The minimum absolute atomic E-state index is 0.0302. The Bertz CT molecular complexity index is 724. The minimum Gasteiger partial charge on any atom is -0.379 e. The fraction of sp³-hybridized carbons (Fsp3) is 0.571. The first-order valence-corrected chi connectivity index (χ1v) is 10.0. The molecule has 2 amide bonds. The molecule has 0 saturated carbocycles. The maximum absolute atomic E-state index is 12.7. The van der Waals surface area contributed by atoms with Crippen molar-refractivity contribution in [2.75, 3.05) is 32.8 Å². The molecule has 0 radical (unpaired) electrons. The van der Waals surface area contributed by atoms with Gasteiger partial charge in [-0.05, 0) is 26.3 Å². The third-order valence-electron chi connectivity index (χ3n) is 5.22.